The van der Waals surface area contributed by atoms with Crippen molar-refractivity contribution >= 4 is 16.9 Å². The molecule has 25 heavy (non-hydrogen) atoms. The van der Waals surface area contributed by atoms with E-state index < -0.39 is 5.91 Å². The molecule has 1 amide bonds. The molecule has 2 heterocycles. The van der Waals surface area contributed by atoms with Crippen LogP contribution in [-0.4, -0.2) is 20.4 Å². The number of nitrogens with zero attached hydrogens (tertiary/aromatic N) is 3. The highest BCUT2D eigenvalue weighted by atomic mass is 19.1. The summed E-state index contributed by atoms with van der Waals surface area (Å²) in [6.07, 6.45) is 4.42. The van der Waals surface area contributed by atoms with E-state index in [4.69, 9.17) is 5.73 Å². The maximum absolute atomic E-state index is 14.0. The summed E-state index contributed by atoms with van der Waals surface area (Å²) in [6, 6.07) is 14.2. The summed E-state index contributed by atoms with van der Waals surface area (Å²) in [4.78, 5) is 19.4. The average molecular weight is 332 g/mol. The summed E-state index contributed by atoms with van der Waals surface area (Å²) in [5.74, 6) is -0.868. The van der Waals surface area contributed by atoms with Crippen LogP contribution < -0.4 is 5.73 Å². The smallest absolute Gasteiger partial charge is 0.248 e. The maximum Gasteiger partial charge on any atom is 0.248 e. The van der Waals surface area contributed by atoms with Gasteiger partial charge >= 0.3 is 0 Å². The summed E-state index contributed by atoms with van der Waals surface area (Å²) in [5.41, 5.74) is 9.27. The Labute approximate surface area is 142 Å². The number of hydrogen-bond acceptors (Lipinski definition) is 3. The molecule has 2 aromatic heterocycles. The van der Waals surface area contributed by atoms with E-state index in [1.165, 1.54) is 6.20 Å². The van der Waals surface area contributed by atoms with Crippen molar-refractivity contribution in [2.24, 2.45) is 5.73 Å². The monoisotopic (exact) mass is 332 g/mol. The van der Waals surface area contributed by atoms with E-state index in [2.05, 4.69) is 9.97 Å². The number of hydrogen-bond donors (Lipinski definition) is 1. The molecular formula is C19H13FN4O. The van der Waals surface area contributed by atoms with Gasteiger partial charge in [0.1, 0.15) is 12.1 Å². The molecular weight excluding hydrogens is 319 g/mol. The lowest BCUT2D eigenvalue weighted by Crippen LogP contribution is -2.10. The Hall–Kier alpha value is -3.54. The van der Waals surface area contributed by atoms with E-state index in [0.717, 1.165) is 16.8 Å². The van der Waals surface area contributed by atoms with Gasteiger partial charge in [-0.15, -0.1) is 0 Å². The van der Waals surface area contributed by atoms with Crippen LogP contribution in [0, 0.1) is 5.82 Å². The number of imidazole rings is 1. The number of halogens is 1. The lowest BCUT2D eigenvalue weighted by molar-refractivity contribution is 0.100. The SMILES string of the molecule is NC(=O)c1ccc2c(c1)ncn2-c1cccc(-c2ccncc2F)c1. The van der Waals surface area contributed by atoms with Crippen molar-refractivity contribution in [3.05, 3.63) is 78.6 Å². The lowest BCUT2D eigenvalue weighted by Gasteiger charge is -2.08. The zero-order valence-corrected chi connectivity index (χ0v) is 13.1. The summed E-state index contributed by atoms with van der Waals surface area (Å²) in [6.45, 7) is 0. The molecule has 122 valence electrons. The average Bonchev–Trinajstić information content (AvgIpc) is 3.05. The fourth-order valence-corrected chi connectivity index (χ4v) is 2.80. The Morgan fingerprint density at radius 2 is 2.00 bits per heavy atom. The molecule has 0 bridgehead atoms. The van der Waals surface area contributed by atoms with Crippen LogP contribution in [0.4, 0.5) is 4.39 Å². The van der Waals surface area contributed by atoms with Crippen LogP contribution >= 0.6 is 0 Å². The van der Waals surface area contributed by atoms with Crippen LogP contribution in [0.15, 0.2) is 67.3 Å². The molecule has 0 fully saturated rings. The molecule has 0 aliphatic heterocycles. The number of amides is 1. The van der Waals surface area contributed by atoms with Gasteiger partial charge in [0.05, 0.1) is 17.2 Å². The highest BCUT2D eigenvalue weighted by molar-refractivity contribution is 5.96. The van der Waals surface area contributed by atoms with Crippen molar-refractivity contribution in [2.45, 2.75) is 0 Å². The van der Waals surface area contributed by atoms with Crippen molar-refractivity contribution in [2.75, 3.05) is 0 Å². The van der Waals surface area contributed by atoms with Gasteiger partial charge in [-0.3, -0.25) is 14.3 Å². The molecule has 0 saturated heterocycles. The Kier molecular flexibility index (Phi) is 3.50. The predicted molar refractivity (Wildman–Crippen MR) is 92.8 cm³/mol. The molecule has 0 spiro atoms. The Morgan fingerprint density at radius 3 is 2.80 bits per heavy atom. The first-order chi connectivity index (χ1) is 12.1. The van der Waals surface area contributed by atoms with E-state index in [1.54, 1.807) is 36.8 Å². The molecule has 4 rings (SSSR count). The lowest BCUT2D eigenvalue weighted by atomic mass is 10.1. The number of fused-ring (bicyclic) bond motifs is 1. The van der Waals surface area contributed by atoms with Crippen LogP contribution in [0.2, 0.25) is 0 Å². The van der Waals surface area contributed by atoms with Gasteiger partial charge in [-0.1, -0.05) is 12.1 Å². The first-order valence-electron chi connectivity index (χ1n) is 7.61. The van der Waals surface area contributed by atoms with Gasteiger partial charge < -0.3 is 5.73 Å². The zero-order chi connectivity index (χ0) is 17.4. The summed E-state index contributed by atoms with van der Waals surface area (Å²) in [5, 5.41) is 0. The number of benzene rings is 2. The van der Waals surface area contributed by atoms with Gasteiger partial charge in [0.2, 0.25) is 5.91 Å². The Bertz CT molecular complexity index is 1100. The summed E-state index contributed by atoms with van der Waals surface area (Å²) < 4.78 is 15.9. The van der Waals surface area contributed by atoms with E-state index >= 15 is 0 Å². The van der Waals surface area contributed by atoms with Crippen LogP contribution in [0.25, 0.3) is 27.8 Å². The minimum atomic E-state index is -0.494. The highest BCUT2D eigenvalue weighted by Gasteiger charge is 2.10. The quantitative estimate of drug-likeness (QED) is 0.625. The second-order valence-corrected chi connectivity index (χ2v) is 5.59. The predicted octanol–water partition coefficient (Wildman–Crippen LogP) is 3.33. The number of pyridine rings is 1. The third kappa shape index (κ3) is 2.63. The van der Waals surface area contributed by atoms with Crippen molar-refractivity contribution in [3.63, 3.8) is 0 Å². The van der Waals surface area contributed by atoms with Gasteiger partial charge in [-0.05, 0) is 42.0 Å². The van der Waals surface area contributed by atoms with Crippen LogP contribution in [-0.2, 0) is 0 Å². The molecule has 0 saturated carbocycles. The van der Waals surface area contributed by atoms with Crippen LogP contribution in [0.5, 0.6) is 0 Å². The maximum atomic E-state index is 14.0. The number of carbonyl (C=O) groups excluding carboxylic acids is 1. The normalized spacial score (nSPS) is 10.9. The van der Waals surface area contributed by atoms with Gasteiger partial charge in [0.15, 0.2) is 0 Å². The number of aromatic nitrogens is 3. The third-order valence-electron chi connectivity index (χ3n) is 4.04. The molecule has 0 atom stereocenters. The second-order valence-electron chi connectivity index (χ2n) is 5.59. The van der Waals surface area contributed by atoms with Crippen LogP contribution in [0.3, 0.4) is 0 Å². The standard InChI is InChI=1S/C19H13FN4O/c20-16-10-22-7-6-15(16)12-2-1-3-14(8-12)24-11-23-17-9-13(19(21)25)4-5-18(17)24/h1-11H,(H2,21,25). The zero-order valence-electron chi connectivity index (χ0n) is 13.1. The van der Waals surface area contributed by atoms with E-state index in [0.29, 0.717) is 16.6 Å². The van der Waals surface area contributed by atoms with E-state index in [9.17, 15) is 9.18 Å². The van der Waals surface area contributed by atoms with E-state index in [-0.39, 0.29) is 5.82 Å². The molecule has 0 aliphatic carbocycles. The number of carbonyl (C=O) groups is 1. The number of primary amides is 1. The summed E-state index contributed by atoms with van der Waals surface area (Å²) in [7, 11) is 0. The summed E-state index contributed by atoms with van der Waals surface area (Å²) >= 11 is 0. The Balaban J connectivity index is 1.83. The first-order valence-corrected chi connectivity index (χ1v) is 7.61. The fraction of sp³-hybridized carbons (Fsp3) is 0. The topological polar surface area (TPSA) is 73.8 Å². The van der Waals surface area contributed by atoms with Gasteiger partial charge in [-0.2, -0.15) is 0 Å². The van der Waals surface area contributed by atoms with Gasteiger partial charge in [-0.25, -0.2) is 9.37 Å². The molecule has 2 aromatic carbocycles. The van der Waals surface area contributed by atoms with Crippen LogP contribution in [0.1, 0.15) is 10.4 Å². The van der Waals surface area contributed by atoms with Crippen molar-refractivity contribution in [3.8, 4) is 16.8 Å². The fourth-order valence-electron chi connectivity index (χ4n) is 2.80. The van der Waals surface area contributed by atoms with Crippen molar-refractivity contribution in [1.82, 2.24) is 14.5 Å². The first kappa shape index (κ1) is 15.0. The van der Waals surface area contributed by atoms with Gasteiger partial charge in [0.25, 0.3) is 0 Å². The molecule has 6 heteroatoms. The molecule has 0 unspecified atom stereocenters. The molecule has 0 aliphatic rings. The second kappa shape index (κ2) is 5.83. The van der Waals surface area contributed by atoms with Gasteiger partial charge in [0, 0.05) is 23.0 Å². The minimum Gasteiger partial charge on any atom is -0.366 e. The molecule has 4 aromatic rings. The Morgan fingerprint density at radius 1 is 1.12 bits per heavy atom. The molecule has 5 nitrogen and oxygen atoms in total. The number of rotatable bonds is 3. The van der Waals surface area contributed by atoms with Crippen molar-refractivity contribution in [1.29, 1.82) is 0 Å². The third-order valence-corrected chi connectivity index (χ3v) is 4.04. The highest BCUT2D eigenvalue weighted by Crippen LogP contribution is 2.26. The minimum absolute atomic E-state index is 0.374. The number of nitrogens with two attached hydrogens (primary N) is 1. The van der Waals surface area contributed by atoms with E-state index in [1.807, 2.05) is 28.8 Å². The molecule has 0 radical (unpaired) electrons. The largest absolute Gasteiger partial charge is 0.366 e. The molecule has 2 N–H and O–H groups in total. The van der Waals surface area contributed by atoms with Crippen molar-refractivity contribution < 1.29 is 9.18 Å².